The topological polar surface area (TPSA) is 32.3 Å². The Hall–Kier alpha value is -1.07. The van der Waals surface area contributed by atoms with Crippen LogP contribution < -0.4 is 5.32 Å². The van der Waals surface area contributed by atoms with Crippen LogP contribution >= 0.6 is 11.8 Å². The van der Waals surface area contributed by atoms with Crippen molar-refractivity contribution in [2.45, 2.75) is 6.92 Å². The molecule has 3 nitrogen and oxygen atoms in total. The Morgan fingerprint density at radius 1 is 1.42 bits per heavy atom. The third-order valence-electron chi connectivity index (χ3n) is 3.19. The van der Waals surface area contributed by atoms with Gasteiger partial charge in [0.15, 0.2) is 0 Å². The summed E-state index contributed by atoms with van der Waals surface area (Å²) in [5.41, 5.74) is 0.944. The van der Waals surface area contributed by atoms with Gasteiger partial charge in [0.25, 0.3) is 5.91 Å². The number of hydrogen-bond acceptors (Lipinski definition) is 3. The highest BCUT2D eigenvalue weighted by Crippen LogP contribution is 2.10. The highest BCUT2D eigenvalue weighted by Gasteiger charge is 2.13. The lowest BCUT2D eigenvalue weighted by Gasteiger charge is -2.26. The molecule has 104 valence electrons. The van der Waals surface area contributed by atoms with E-state index in [1.807, 2.05) is 11.8 Å². The van der Waals surface area contributed by atoms with Crippen LogP contribution in [0.15, 0.2) is 18.2 Å². The van der Waals surface area contributed by atoms with Crippen molar-refractivity contribution < 1.29 is 9.18 Å². The maximum atomic E-state index is 13.6. The molecule has 1 saturated heterocycles. The average Bonchev–Trinajstić information content (AvgIpc) is 2.39. The molecular weight excluding hydrogens is 263 g/mol. The van der Waals surface area contributed by atoms with E-state index in [-0.39, 0.29) is 11.5 Å². The number of aryl methyl sites for hydroxylation is 1. The molecule has 0 aromatic heterocycles. The number of nitrogens with zero attached hydrogens (tertiary/aromatic N) is 1. The number of rotatable bonds is 4. The Morgan fingerprint density at radius 3 is 2.84 bits per heavy atom. The molecule has 0 bridgehead atoms. The summed E-state index contributed by atoms with van der Waals surface area (Å²) >= 11 is 1.96. The van der Waals surface area contributed by atoms with Crippen LogP contribution in [0.5, 0.6) is 0 Å². The molecule has 1 aromatic rings. The summed E-state index contributed by atoms with van der Waals surface area (Å²) in [7, 11) is 0. The molecule has 5 heteroatoms. The van der Waals surface area contributed by atoms with Crippen LogP contribution in [0, 0.1) is 12.7 Å². The number of thioether (sulfide) groups is 1. The van der Waals surface area contributed by atoms with Gasteiger partial charge in [0.2, 0.25) is 0 Å². The molecule has 1 aromatic carbocycles. The fourth-order valence-corrected chi connectivity index (χ4v) is 3.03. The van der Waals surface area contributed by atoms with Crippen molar-refractivity contribution in [3.63, 3.8) is 0 Å². The van der Waals surface area contributed by atoms with Gasteiger partial charge in [0.05, 0.1) is 5.56 Å². The SMILES string of the molecule is Cc1ccc(C(=O)NCCN2CCSCC2)c(F)c1. The number of amides is 1. The quantitative estimate of drug-likeness (QED) is 0.915. The zero-order valence-electron chi connectivity index (χ0n) is 11.1. The summed E-state index contributed by atoms with van der Waals surface area (Å²) in [6.45, 7) is 5.34. The van der Waals surface area contributed by atoms with Gasteiger partial charge in [-0.3, -0.25) is 9.69 Å². The van der Waals surface area contributed by atoms with Gasteiger partial charge in [-0.1, -0.05) is 6.07 Å². The van der Waals surface area contributed by atoms with E-state index in [9.17, 15) is 9.18 Å². The summed E-state index contributed by atoms with van der Waals surface area (Å²) in [4.78, 5) is 14.2. The van der Waals surface area contributed by atoms with E-state index in [2.05, 4.69) is 10.2 Å². The second-order valence-corrected chi connectivity index (χ2v) is 5.92. The zero-order valence-corrected chi connectivity index (χ0v) is 11.9. The average molecular weight is 282 g/mol. The number of nitrogens with one attached hydrogen (secondary N) is 1. The fraction of sp³-hybridized carbons (Fsp3) is 0.500. The van der Waals surface area contributed by atoms with Gasteiger partial charge < -0.3 is 5.32 Å². The summed E-state index contributed by atoms with van der Waals surface area (Å²) in [6.07, 6.45) is 0. The van der Waals surface area contributed by atoms with Crippen LogP contribution in [0.25, 0.3) is 0 Å². The van der Waals surface area contributed by atoms with E-state index in [1.54, 1.807) is 13.0 Å². The first kappa shape index (κ1) is 14.3. The maximum Gasteiger partial charge on any atom is 0.254 e. The first-order valence-corrected chi connectivity index (χ1v) is 7.67. The van der Waals surface area contributed by atoms with Crippen molar-refractivity contribution in [2.75, 3.05) is 37.7 Å². The molecule has 1 heterocycles. The molecule has 0 atom stereocenters. The predicted molar refractivity (Wildman–Crippen MR) is 77.2 cm³/mol. The predicted octanol–water partition coefficient (Wildman–Crippen LogP) is 1.91. The molecule has 1 aliphatic rings. The van der Waals surface area contributed by atoms with Gasteiger partial charge in [0.1, 0.15) is 5.82 Å². The number of carbonyl (C=O) groups is 1. The van der Waals surface area contributed by atoms with Crippen LogP contribution in [-0.2, 0) is 0 Å². The lowest BCUT2D eigenvalue weighted by Crippen LogP contribution is -2.39. The molecule has 0 aliphatic carbocycles. The Morgan fingerprint density at radius 2 is 2.16 bits per heavy atom. The fourth-order valence-electron chi connectivity index (χ4n) is 2.05. The highest BCUT2D eigenvalue weighted by atomic mass is 32.2. The smallest absolute Gasteiger partial charge is 0.254 e. The summed E-state index contributed by atoms with van der Waals surface area (Å²) in [6, 6.07) is 4.67. The van der Waals surface area contributed by atoms with Crippen LogP contribution in [0.2, 0.25) is 0 Å². The molecule has 0 saturated carbocycles. The van der Waals surface area contributed by atoms with Crippen molar-refractivity contribution in [3.05, 3.63) is 35.1 Å². The van der Waals surface area contributed by atoms with Gasteiger partial charge in [-0.05, 0) is 24.6 Å². The molecule has 0 unspecified atom stereocenters. The van der Waals surface area contributed by atoms with Crippen LogP contribution in [0.4, 0.5) is 4.39 Å². The Kier molecular flexibility index (Phi) is 5.22. The summed E-state index contributed by atoms with van der Waals surface area (Å²) in [5.74, 6) is 1.52. The normalized spacial score (nSPS) is 16.3. The molecule has 0 radical (unpaired) electrons. The molecule has 1 fully saturated rings. The molecule has 2 rings (SSSR count). The van der Waals surface area contributed by atoms with Crippen molar-refractivity contribution in [1.29, 1.82) is 0 Å². The van der Waals surface area contributed by atoms with Crippen molar-refractivity contribution in [3.8, 4) is 0 Å². The van der Waals surface area contributed by atoms with E-state index in [4.69, 9.17) is 0 Å². The Bertz CT molecular complexity index is 447. The van der Waals surface area contributed by atoms with E-state index in [1.165, 1.54) is 12.1 Å². The van der Waals surface area contributed by atoms with E-state index in [0.29, 0.717) is 6.54 Å². The largest absolute Gasteiger partial charge is 0.351 e. The van der Waals surface area contributed by atoms with Crippen molar-refractivity contribution in [2.24, 2.45) is 0 Å². The lowest BCUT2D eigenvalue weighted by molar-refractivity contribution is 0.0945. The molecule has 1 aliphatic heterocycles. The maximum absolute atomic E-state index is 13.6. The van der Waals surface area contributed by atoms with Gasteiger partial charge in [-0.15, -0.1) is 0 Å². The number of carbonyl (C=O) groups excluding carboxylic acids is 1. The zero-order chi connectivity index (χ0) is 13.7. The standard InChI is InChI=1S/C14H19FN2OS/c1-11-2-3-12(13(15)10-11)14(18)16-4-5-17-6-8-19-9-7-17/h2-3,10H,4-9H2,1H3,(H,16,18). The number of halogens is 1. The van der Waals surface area contributed by atoms with Gasteiger partial charge in [-0.2, -0.15) is 11.8 Å². The molecule has 1 N–H and O–H groups in total. The van der Waals surface area contributed by atoms with Crippen LogP contribution in [0.1, 0.15) is 15.9 Å². The van der Waals surface area contributed by atoms with Crippen molar-refractivity contribution in [1.82, 2.24) is 10.2 Å². The number of hydrogen-bond donors (Lipinski definition) is 1. The van der Waals surface area contributed by atoms with E-state index in [0.717, 1.165) is 36.7 Å². The molecule has 1 amide bonds. The summed E-state index contributed by atoms with van der Waals surface area (Å²) < 4.78 is 13.6. The Balaban J connectivity index is 1.80. The minimum absolute atomic E-state index is 0.125. The highest BCUT2D eigenvalue weighted by molar-refractivity contribution is 7.99. The summed E-state index contributed by atoms with van der Waals surface area (Å²) in [5, 5.41) is 2.78. The first-order valence-electron chi connectivity index (χ1n) is 6.51. The molecule has 0 spiro atoms. The lowest BCUT2D eigenvalue weighted by atomic mass is 10.1. The van der Waals surface area contributed by atoms with Crippen LogP contribution in [0.3, 0.4) is 0 Å². The van der Waals surface area contributed by atoms with Gasteiger partial charge in [-0.25, -0.2) is 4.39 Å². The third-order valence-corrected chi connectivity index (χ3v) is 4.13. The second kappa shape index (κ2) is 6.91. The molecule has 19 heavy (non-hydrogen) atoms. The van der Waals surface area contributed by atoms with E-state index < -0.39 is 5.82 Å². The van der Waals surface area contributed by atoms with Gasteiger partial charge >= 0.3 is 0 Å². The van der Waals surface area contributed by atoms with Crippen molar-refractivity contribution >= 4 is 17.7 Å². The first-order chi connectivity index (χ1) is 9.16. The number of benzene rings is 1. The monoisotopic (exact) mass is 282 g/mol. The second-order valence-electron chi connectivity index (χ2n) is 4.69. The van der Waals surface area contributed by atoms with Crippen LogP contribution in [-0.4, -0.2) is 48.5 Å². The minimum atomic E-state index is -0.452. The molecular formula is C14H19FN2OS. The Labute approximate surface area is 117 Å². The minimum Gasteiger partial charge on any atom is -0.351 e. The van der Waals surface area contributed by atoms with E-state index >= 15 is 0 Å². The third kappa shape index (κ3) is 4.21. The van der Waals surface area contributed by atoms with Gasteiger partial charge in [0, 0.05) is 37.7 Å².